The predicted octanol–water partition coefficient (Wildman–Crippen LogP) is 3.43. The molecule has 2 aromatic rings. The standard InChI is InChI=1S/C20H26N2O4S/c1-4-5-14-22(3)27(24,25)18-12-10-17(11-13-18)21-20(23)15-26-19-9-7-6-8-16(19)2/h6-13H,4-5,14-15H2,1-3H3,(H,21,23). The summed E-state index contributed by atoms with van der Waals surface area (Å²) in [6, 6.07) is 13.6. The van der Waals surface area contributed by atoms with Crippen LogP contribution in [0.5, 0.6) is 5.75 Å². The Kier molecular flexibility index (Phi) is 7.38. The molecule has 0 heterocycles. The highest BCUT2D eigenvalue weighted by Crippen LogP contribution is 2.19. The van der Waals surface area contributed by atoms with Crippen molar-refractivity contribution in [2.45, 2.75) is 31.6 Å². The van der Waals surface area contributed by atoms with E-state index in [0.29, 0.717) is 18.0 Å². The van der Waals surface area contributed by atoms with Gasteiger partial charge in [-0.3, -0.25) is 4.79 Å². The first-order chi connectivity index (χ1) is 12.8. The summed E-state index contributed by atoms with van der Waals surface area (Å²) < 4.78 is 31.8. The van der Waals surface area contributed by atoms with Gasteiger partial charge in [-0.25, -0.2) is 12.7 Å². The molecule has 1 N–H and O–H groups in total. The molecule has 0 atom stereocenters. The van der Waals surface area contributed by atoms with E-state index in [9.17, 15) is 13.2 Å². The van der Waals surface area contributed by atoms with Crippen molar-refractivity contribution in [3.8, 4) is 5.75 Å². The summed E-state index contributed by atoms with van der Waals surface area (Å²) in [6.07, 6.45) is 1.74. The molecule has 0 aliphatic rings. The monoisotopic (exact) mass is 390 g/mol. The Bertz CT molecular complexity index is 864. The third-order valence-electron chi connectivity index (χ3n) is 4.13. The molecule has 0 aliphatic heterocycles. The van der Waals surface area contributed by atoms with Crippen molar-refractivity contribution in [1.29, 1.82) is 0 Å². The second-order valence-electron chi connectivity index (χ2n) is 6.31. The highest BCUT2D eigenvalue weighted by Gasteiger charge is 2.20. The fourth-order valence-corrected chi connectivity index (χ4v) is 3.66. The Labute approximate surface area is 161 Å². The minimum atomic E-state index is -3.51. The van der Waals surface area contributed by atoms with E-state index < -0.39 is 10.0 Å². The molecule has 2 aromatic carbocycles. The van der Waals surface area contributed by atoms with Crippen molar-refractivity contribution in [2.24, 2.45) is 0 Å². The highest BCUT2D eigenvalue weighted by molar-refractivity contribution is 7.89. The molecule has 0 unspecified atom stereocenters. The lowest BCUT2D eigenvalue weighted by molar-refractivity contribution is -0.118. The van der Waals surface area contributed by atoms with Crippen molar-refractivity contribution < 1.29 is 17.9 Å². The molecule has 0 bridgehead atoms. The van der Waals surface area contributed by atoms with Crippen LogP contribution in [-0.2, 0) is 14.8 Å². The van der Waals surface area contributed by atoms with E-state index in [2.05, 4.69) is 5.32 Å². The Hall–Kier alpha value is -2.38. The van der Waals surface area contributed by atoms with E-state index in [1.54, 1.807) is 25.2 Å². The SMILES string of the molecule is CCCCN(C)S(=O)(=O)c1ccc(NC(=O)COc2ccccc2C)cc1. The van der Waals surface area contributed by atoms with Gasteiger partial charge in [0.25, 0.3) is 5.91 Å². The Balaban J connectivity index is 1.95. The lowest BCUT2D eigenvalue weighted by Gasteiger charge is -2.17. The zero-order valence-corrected chi connectivity index (χ0v) is 16.8. The number of amides is 1. The molecule has 0 aromatic heterocycles. The Morgan fingerprint density at radius 1 is 1.11 bits per heavy atom. The van der Waals surface area contributed by atoms with Gasteiger partial charge in [-0.1, -0.05) is 31.5 Å². The first-order valence-corrected chi connectivity index (χ1v) is 10.3. The molecule has 0 fully saturated rings. The molecule has 0 spiro atoms. The van der Waals surface area contributed by atoms with Gasteiger partial charge in [-0.2, -0.15) is 0 Å². The molecule has 7 heteroatoms. The quantitative estimate of drug-likeness (QED) is 0.712. The van der Waals surface area contributed by atoms with Crippen LogP contribution >= 0.6 is 0 Å². The average Bonchev–Trinajstić information content (AvgIpc) is 2.65. The summed E-state index contributed by atoms with van der Waals surface area (Å²) in [5, 5.41) is 2.70. The van der Waals surface area contributed by atoms with Gasteiger partial charge in [0, 0.05) is 19.3 Å². The molecule has 0 radical (unpaired) electrons. The van der Waals surface area contributed by atoms with Gasteiger partial charge in [0.2, 0.25) is 10.0 Å². The van der Waals surface area contributed by atoms with E-state index in [4.69, 9.17) is 4.74 Å². The number of carbonyl (C=O) groups is 1. The fraction of sp³-hybridized carbons (Fsp3) is 0.350. The number of unbranched alkanes of at least 4 members (excludes halogenated alkanes) is 1. The predicted molar refractivity (Wildman–Crippen MR) is 106 cm³/mol. The van der Waals surface area contributed by atoms with Gasteiger partial charge in [-0.15, -0.1) is 0 Å². The molecule has 0 saturated carbocycles. The van der Waals surface area contributed by atoms with Gasteiger partial charge in [0.05, 0.1) is 4.90 Å². The van der Waals surface area contributed by atoms with Crippen LogP contribution in [0.2, 0.25) is 0 Å². The van der Waals surface area contributed by atoms with Crippen LogP contribution in [0.15, 0.2) is 53.4 Å². The summed E-state index contributed by atoms with van der Waals surface area (Å²) in [5.74, 6) is 0.345. The van der Waals surface area contributed by atoms with Crippen molar-refractivity contribution in [2.75, 3.05) is 25.5 Å². The van der Waals surface area contributed by atoms with Crippen molar-refractivity contribution >= 4 is 21.6 Å². The number of aryl methyl sites for hydroxylation is 1. The maximum atomic E-state index is 12.5. The number of benzene rings is 2. The highest BCUT2D eigenvalue weighted by atomic mass is 32.2. The van der Waals surface area contributed by atoms with Crippen LogP contribution in [0.4, 0.5) is 5.69 Å². The lowest BCUT2D eigenvalue weighted by Crippen LogP contribution is -2.28. The van der Waals surface area contributed by atoms with Crippen LogP contribution in [0.25, 0.3) is 0 Å². The summed E-state index contributed by atoms with van der Waals surface area (Å²) in [7, 11) is -1.94. The molecule has 146 valence electrons. The Morgan fingerprint density at radius 2 is 1.78 bits per heavy atom. The number of rotatable bonds is 9. The second-order valence-corrected chi connectivity index (χ2v) is 8.35. The molecule has 27 heavy (non-hydrogen) atoms. The number of anilines is 1. The average molecular weight is 391 g/mol. The molecule has 1 amide bonds. The van der Waals surface area contributed by atoms with E-state index in [1.165, 1.54) is 16.4 Å². The lowest BCUT2D eigenvalue weighted by atomic mass is 10.2. The van der Waals surface area contributed by atoms with Crippen molar-refractivity contribution in [1.82, 2.24) is 4.31 Å². The zero-order chi connectivity index (χ0) is 19.9. The summed E-state index contributed by atoms with van der Waals surface area (Å²) >= 11 is 0. The second kappa shape index (κ2) is 9.53. The number of hydrogen-bond acceptors (Lipinski definition) is 4. The first kappa shape index (κ1) is 20.9. The summed E-state index contributed by atoms with van der Waals surface area (Å²) in [6.45, 7) is 4.28. The fourth-order valence-electron chi connectivity index (χ4n) is 2.45. The van der Waals surface area contributed by atoms with Crippen LogP contribution in [-0.4, -0.2) is 38.8 Å². The number of hydrogen-bond donors (Lipinski definition) is 1. The van der Waals surface area contributed by atoms with Gasteiger partial charge in [0.1, 0.15) is 5.75 Å². The minimum Gasteiger partial charge on any atom is -0.483 e. The number of para-hydroxylation sites is 1. The molecular formula is C20H26N2O4S. The van der Waals surface area contributed by atoms with E-state index >= 15 is 0 Å². The van der Waals surface area contributed by atoms with E-state index in [1.807, 2.05) is 32.0 Å². The molecule has 0 aliphatic carbocycles. The Morgan fingerprint density at radius 3 is 2.41 bits per heavy atom. The molecular weight excluding hydrogens is 364 g/mol. The zero-order valence-electron chi connectivity index (χ0n) is 15.9. The molecule has 0 saturated heterocycles. The third-order valence-corrected chi connectivity index (χ3v) is 6.00. The number of ether oxygens (including phenoxy) is 1. The summed E-state index contributed by atoms with van der Waals surface area (Å²) in [4.78, 5) is 12.2. The van der Waals surface area contributed by atoms with Crippen molar-refractivity contribution in [3.05, 3.63) is 54.1 Å². The number of nitrogens with zero attached hydrogens (tertiary/aromatic N) is 1. The molecule has 2 rings (SSSR count). The van der Waals surface area contributed by atoms with Gasteiger partial charge >= 0.3 is 0 Å². The van der Waals surface area contributed by atoms with Gasteiger partial charge in [-0.05, 0) is 49.2 Å². The van der Waals surface area contributed by atoms with Crippen LogP contribution < -0.4 is 10.1 Å². The maximum Gasteiger partial charge on any atom is 0.262 e. The summed E-state index contributed by atoms with van der Waals surface area (Å²) in [5.41, 5.74) is 1.47. The first-order valence-electron chi connectivity index (χ1n) is 8.89. The normalized spacial score (nSPS) is 11.4. The number of carbonyl (C=O) groups excluding carboxylic acids is 1. The van der Waals surface area contributed by atoms with Crippen LogP contribution in [0.3, 0.4) is 0 Å². The van der Waals surface area contributed by atoms with Crippen LogP contribution in [0, 0.1) is 6.92 Å². The van der Waals surface area contributed by atoms with E-state index in [0.717, 1.165) is 18.4 Å². The van der Waals surface area contributed by atoms with Gasteiger partial charge < -0.3 is 10.1 Å². The largest absolute Gasteiger partial charge is 0.483 e. The number of sulfonamides is 1. The third kappa shape index (κ3) is 5.80. The maximum absolute atomic E-state index is 12.5. The molecule has 6 nitrogen and oxygen atoms in total. The van der Waals surface area contributed by atoms with Crippen molar-refractivity contribution in [3.63, 3.8) is 0 Å². The smallest absolute Gasteiger partial charge is 0.262 e. The van der Waals surface area contributed by atoms with E-state index in [-0.39, 0.29) is 17.4 Å². The minimum absolute atomic E-state index is 0.120. The number of nitrogens with one attached hydrogen (secondary N) is 1. The van der Waals surface area contributed by atoms with Gasteiger partial charge in [0.15, 0.2) is 6.61 Å². The topological polar surface area (TPSA) is 75.7 Å². The van der Waals surface area contributed by atoms with Crippen LogP contribution in [0.1, 0.15) is 25.3 Å².